The molecule has 0 aliphatic heterocycles. The van der Waals surface area contributed by atoms with Crippen LogP contribution in [0.25, 0.3) is 0 Å². The van der Waals surface area contributed by atoms with Crippen LogP contribution in [0, 0.1) is 0 Å². The van der Waals surface area contributed by atoms with E-state index >= 15 is 0 Å². The number of rotatable bonds is 9. The highest BCUT2D eigenvalue weighted by Gasteiger charge is 1.95. The Morgan fingerprint density at radius 3 is 0.800 bits per heavy atom. The SMILES string of the molecule is C1CCCCC1.N.N.NCCCCCCCCCCN. The molecule has 1 saturated carbocycles. The zero-order chi connectivity index (χ0) is 13.3. The summed E-state index contributed by atoms with van der Waals surface area (Å²) >= 11 is 0. The highest BCUT2D eigenvalue weighted by Crippen LogP contribution is 2.15. The van der Waals surface area contributed by atoms with E-state index in [1.807, 2.05) is 0 Å². The molecular weight excluding hydrogens is 248 g/mol. The predicted molar refractivity (Wildman–Crippen MR) is 92.8 cm³/mol. The summed E-state index contributed by atoms with van der Waals surface area (Å²) in [5.74, 6) is 0. The molecule has 0 aromatic heterocycles. The van der Waals surface area contributed by atoms with Crippen molar-refractivity contribution >= 4 is 0 Å². The van der Waals surface area contributed by atoms with Gasteiger partial charge in [0, 0.05) is 0 Å². The molecule has 126 valence electrons. The van der Waals surface area contributed by atoms with Gasteiger partial charge in [0.05, 0.1) is 0 Å². The van der Waals surface area contributed by atoms with Gasteiger partial charge >= 0.3 is 0 Å². The number of hydrogen-bond acceptors (Lipinski definition) is 4. The van der Waals surface area contributed by atoms with Gasteiger partial charge in [-0.2, -0.15) is 0 Å². The average molecular weight is 291 g/mol. The minimum atomic E-state index is 0. The van der Waals surface area contributed by atoms with Crippen molar-refractivity contribution in [3.05, 3.63) is 0 Å². The molecular formula is C16H42N4. The van der Waals surface area contributed by atoms with Crippen LogP contribution in [0.1, 0.15) is 89.9 Å². The highest BCUT2D eigenvalue weighted by atomic mass is 14.5. The maximum absolute atomic E-state index is 5.40. The lowest BCUT2D eigenvalue weighted by atomic mass is 10.0. The van der Waals surface area contributed by atoms with Crippen LogP contribution in [0.4, 0.5) is 0 Å². The summed E-state index contributed by atoms with van der Waals surface area (Å²) in [6.07, 6.45) is 19.5. The number of unbranched alkanes of at least 4 members (excludes halogenated alkanes) is 7. The molecule has 4 heteroatoms. The van der Waals surface area contributed by atoms with Crippen molar-refractivity contribution in [3.63, 3.8) is 0 Å². The summed E-state index contributed by atoms with van der Waals surface area (Å²) in [7, 11) is 0. The Morgan fingerprint density at radius 1 is 0.400 bits per heavy atom. The molecule has 10 N–H and O–H groups in total. The van der Waals surface area contributed by atoms with E-state index in [9.17, 15) is 0 Å². The number of hydrogen-bond donors (Lipinski definition) is 4. The van der Waals surface area contributed by atoms with Crippen molar-refractivity contribution in [2.24, 2.45) is 11.5 Å². The Bertz CT molecular complexity index is 117. The van der Waals surface area contributed by atoms with Crippen LogP contribution in [0.3, 0.4) is 0 Å². The molecule has 1 aliphatic rings. The molecule has 0 radical (unpaired) electrons. The van der Waals surface area contributed by atoms with Crippen LogP contribution < -0.4 is 23.8 Å². The molecule has 0 bridgehead atoms. The van der Waals surface area contributed by atoms with E-state index in [0.29, 0.717) is 0 Å². The van der Waals surface area contributed by atoms with Crippen LogP contribution in [-0.2, 0) is 0 Å². The van der Waals surface area contributed by atoms with Gasteiger partial charge in [-0.05, 0) is 25.9 Å². The van der Waals surface area contributed by atoms with E-state index in [1.165, 1.54) is 89.9 Å². The Balaban J connectivity index is -0.000000307. The van der Waals surface area contributed by atoms with E-state index in [1.54, 1.807) is 0 Å². The number of nitrogens with two attached hydrogens (primary N) is 2. The first-order valence-electron chi connectivity index (χ1n) is 8.32. The molecule has 0 spiro atoms. The van der Waals surface area contributed by atoms with Crippen molar-refractivity contribution in [1.29, 1.82) is 0 Å². The third-order valence-corrected chi connectivity index (χ3v) is 3.66. The second-order valence-electron chi connectivity index (χ2n) is 5.53. The second kappa shape index (κ2) is 23.9. The zero-order valence-electron chi connectivity index (χ0n) is 13.9. The topological polar surface area (TPSA) is 122 Å². The molecule has 1 aliphatic carbocycles. The third kappa shape index (κ3) is 23.0. The van der Waals surface area contributed by atoms with Gasteiger partial charge in [0.25, 0.3) is 0 Å². The minimum Gasteiger partial charge on any atom is -0.344 e. The van der Waals surface area contributed by atoms with Crippen LogP contribution in [0.15, 0.2) is 0 Å². The maximum atomic E-state index is 5.40. The van der Waals surface area contributed by atoms with E-state index in [-0.39, 0.29) is 12.3 Å². The van der Waals surface area contributed by atoms with Gasteiger partial charge in [-0.15, -0.1) is 0 Å². The van der Waals surface area contributed by atoms with Gasteiger partial charge < -0.3 is 23.8 Å². The van der Waals surface area contributed by atoms with Gasteiger partial charge in [-0.1, -0.05) is 77.0 Å². The van der Waals surface area contributed by atoms with Gasteiger partial charge in [0.2, 0.25) is 0 Å². The molecule has 0 heterocycles. The first kappa shape index (κ1) is 24.8. The summed E-state index contributed by atoms with van der Waals surface area (Å²) in [4.78, 5) is 0. The van der Waals surface area contributed by atoms with E-state index in [2.05, 4.69) is 0 Å². The predicted octanol–water partition coefficient (Wildman–Crippen LogP) is 4.69. The van der Waals surface area contributed by atoms with Crippen molar-refractivity contribution in [2.75, 3.05) is 13.1 Å². The van der Waals surface area contributed by atoms with Crippen molar-refractivity contribution in [1.82, 2.24) is 12.3 Å². The summed E-state index contributed by atoms with van der Waals surface area (Å²) in [6, 6.07) is 0. The first-order chi connectivity index (χ1) is 8.91. The van der Waals surface area contributed by atoms with Crippen LogP contribution in [-0.4, -0.2) is 13.1 Å². The maximum Gasteiger partial charge on any atom is -0.00773 e. The molecule has 0 unspecified atom stereocenters. The van der Waals surface area contributed by atoms with E-state index < -0.39 is 0 Å². The van der Waals surface area contributed by atoms with Crippen LogP contribution in [0.2, 0.25) is 0 Å². The summed E-state index contributed by atoms with van der Waals surface area (Å²) in [5, 5.41) is 0. The van der Waals surface area contributed by atoms with Gasteiger partial charge in [0.1, 0.15) is 0 Å². The smallest absolute Gasteiger partial charge is 0.00773 e. The normalized spacial score (nSPS) is 13.5. The monoisotopic (exact) mass is 290 g/mol. The molecule has 0 saturated heterocycles. The summed E-state index contributed by atoms with van der Waals surface area (Å²) in [5.41, 5.74) is 10.8. The Kier molecular flexibility index (Phi) is 29.7. The Morgan fingerprint density at radius 2 is 0.600 bits per heavy atom. The fraction of sp³-hybridized carbons (Fsp3) is 1.00. The molecule has 0 atom stereocenters. The van der Waals surface area contributed by atoms with Crippen LogP contribution >= 0.6 is 0 Å². The van der Waals surface area contributed by atoms with Crippen molar-refractivity contribution in [3.8, 4) is 0 Å². The van der Waals surface area contributed by atoms with Crippen LogP contribution in [0.5, 0.6) is 0 Å². The lowest BCUT2D eigenvalue weighted by Crippen LogP contribution is -1.98. The molecule has 0 amide bonds. The average Bonchev–Trinajstić information content (AvgIpc) is 2.44. The lowest BCUT2D eigenvalue weighted by Gasteiger charge is -2.05. The summed E-state index contributed by atoms with van der Waals surface area (Å²) in [6.45, 7) is 1.71. The van der Waals surface area contributed by atoms with E-state index in [4.69, 9.17) is 11.5 Å². The Labute approximate surface area is 127 Å². The third-order valence-electron chi connectivity index (χ3n) is 3.66. The lowest BCUT2D eigenvalue weighted by molar-refractivity contribution is 0.504. The fourth-order valence-corrected chi connectivity index (χ4v) is 2.41. The standard InChI is InChI=1S/C10H24N2.C6H12.2H3N/c11-9-7-5-3-1-2-4-6-8-10-12;1-2-4-6-5-3-1;;/h1-12H2;1-6H2;2*1H3. The second-order valence-corrected chi connectivity index (χ2v) is 5.53. The molecule has 0 aromatic rings. The summed E-state index contributed by atoms with van der Waals surface area (Å²) < 4.78 is 0. The highest BCUT2D eigenvalue weighted by molar-refractivity contribution is 4.51. The largest absolute Gasteiger partial charge is 0.344 e. The molecule has 4 nitrogen and oxygen atoms in total. The van der Waals surface area contributed by atoms with Gasteiger partial charge in [0.15, 0.2) is 0 Å². The van der Waals surface area contributed by atoms with E-state index in [0.717, 1.165) is 13.1 Å². The van der Waals surface area contributed by atoms with Crippen molar-refractivity contribution < 1.29 is 0 Å². The van der Waals surface area contributed by atoms with Gasteiger partial charge in [-0.25, -0.2) is 0 Å². The zero-order valence-corrected chi connectivity index (χ0v) is 13.9. The quantitative estimate of drug-likeness (QED) is 0.460. The molecule has 0 aromatic carbocycles. The first-order valence-corrected chi connectivity index (χ1v) is 8.32. The van der Waals surface area contributed by atoms with Crippen molar-refractivity contribution in [2.45, 2.75) is 89.9 Å². The fourth-order valence-electron chi connectivity index (χ4n) is 2.41. The molecule has 1 rings (SSSR count). The Hall–Kier alpha value is -0.160. The van der Waals surface area contributed by atoms with Gasteiger partial charge in [-0.3, -0.25) is 0 Å². The minimum absolute atomic E-state index is 0. The molecule has 1 fully saturated rings. The molecule has 20 heavy (non-hydrogen) atoms.